The maximum Gasteiger partial charge on any atom is 0.237 e. The molecule has 2 fully saturated rings. The van der Waals surface area contributed by atoms with Gasteiger partial charge in [-0.25, -0.2) is 8.42 Å². The van der Waals surface area contributed by atoms with Gasteiger partial charge in [-0.1, -0.05) is 6.07 Å². The number of fused-ring (bicyclic) bond motifs is 2. The van der Waals surface area contributed by atoms with Crippen molar-refractivity contribution in [2.45, 2.75) is 56.3 Å². The molecule has 3 rings (SSSR count). The maximum atomic E-state index is 12.4. The number of primary amides is 1. The van der Waals surface area contributed by atoms with Crippen LogP contribution in [0.1, 0.15) is 37.7 Å². The van der Waals surface area contributed by atoms with E-state index in [0.717, 1.165) is 37.7 Å². The van der Waals surface area contributed by atoms with Crippen molar-refractivity contribution in [1.82, 2.24) is 14.2 Å². The Kier molecular flexibility index (Phi) is 6.38. The van der Waals surface area contributed by atoms with E-state index in [1.165, 1.54) is 10.6 Å². The molecule has 8 nitrogen and oxygen atoms in total. The predicted molar refractivity (Wildman–Crippen MR) is 106 cm³/mol. The van der Waals surface area contributed by atoms with Crippen molar-refractivity contribution in [1.29, 1.82) is 0 Å². The molecule has 2 aliphatic rings. The summed E-state index contributed by atoms with van der Waals surface area (Å²) in [4.78, 5) is 18.5. The first-order chi connectivity index (χ1) is 13.3. The Hall–Kier alpha value is -1.55. The molecule has 0 spiro atoms. The van der Waals surface area contributed by atoms with E-state index >= 15 is 0 Å². The summed E-state index contributed by atoms with van der Waals surface area (Å²) in [6, 6.07) is 3.94. The van der Waals surface area contributed by atoms with Crippen LogP contribution < -0.4 is 5.73 Å². The van der Waals surface area contributed by atoms with Gasteiger partial charge >= 0.3 is 0 Å². The zero-order valence-electron chi connectivity index (χ0n) is 16.6. The second kappa shape index (κ2) is 8.44. The lowest BCUT2D eigenvalue weighted by atomic mass is 9.87. The Balaban J connectivity index is 1.75. The zero-order chi connectivity index (χ0) is 20.4. The highest BCUT2D eigenvalue weighted by Gasteiger charge is 2.53. The summed E-state index contributed by atoms with van der Waals surface area (Å²) < 4.78 is 31.8. The quantitative estimate of drug-likeness (QED) is 0.643. The van der Waals surface area contributed by atoms with Crippen molar-refractivity contribution in [3.05, 3.63) is 30.1 Å². The Morgan fingerprint density at radius 1 is 1.46 bits per heavy atom. The number of hydrogen-bond acceptors (Lipinski definition) is 6. The lowest BCUT2D eigenvalue weighted by Gasteiger charge is -2.44. The number of ether oxygens (including phenoxy) is 1. The van der Waals surface area contributed by atoms with Crippen LogP contribution in [0.4, 0.5) is 0 Å². The number of carbonyl (C=O) groups excluding carboxylic acids is 1. The first kappa shape index (κ1) is 21.2. The van der Waals surface area contributed by atoms with Crippen molar-refractivity contribution in [2.24, 2.45) is 5.73 Å². The third-order valence-corrected chi connectivity index (χ3v) is 7.38. The van der Waals surface area contributed by atoms with Crippen LogP contribution in [-0.4, -0.2) is 72.7 Å². The van der Waals surface area contributed by atoms with Gasteiger partial charge in [0.15, 0.2) is 0 Å². The highest BCUT2D eigenvalue weighted by Crippen LogP contribution is 2.44. The van der Waals surface area contributed by atoms with E-state index in [1.807, 2.05) is 6.07 Å². The van der Waals surface area contributed by atoms with Crippen LogP contribution in [0, 0.1) is 0 Å². The van der Waals surface area contributed by atoms with Crippen LogP contribution in [0.25, 0.3) is 0 Å². The number of carbonyl (C=O) groups is 1. The number of methoxy groups -OCH3 is 1. The molecule has 1 aromatic rings. The van der Waals surface area contributed by atoms with Crippen molar-refractivity contribution in [3.8, 4) is 0 Å². The fraction of sp³-hybridized carbons (Fsp3) is 0.684. The number of rotatable bonds is 9. The number of nitrogens with two attached hydrogens (primary N) is 1. The van der Waals surface area contributed by atoms with E-state index in [2.05, 4.69) is 9.88 Å². The van der Waals surface area contributed by atoms with Crippen LogP contribution >= 0.6 is 0 Å². The summed E-state index contributed by atoms with van der Waals surface area (Å²) in [6.07, 6.45) is 8.68. The molecule has 156 valence electrons. The first-order valence-electron chi connectivity index (χ1n) is 9.70. The molecule has 2 N–H and O–H groups in total. The van der Waals surface area contributed by atoms with E-state index in [1.54, 1.807) is 25.6 Å². The summed E-state index contributed by atoms with van der Waals surface area (Å²) in [5.41, 5.74) is 5.99. The molecule has 1 amide bonds. The fourth-order valence-electron chi connectivity index (χ4n) is 4.63. The molecule has 3 heterocycles. The molecule has 0 aromatic carbocycles. The number of hydrogen-bond donors (Lipinski definition) is 1. The Morgan fingerprint density at radius 3 is 2.86 bits per heavy atom. The summed E-state index contributed by atoms with van der Waals surface area (Å²) in [6.45, 7) is 0.933. The van der Waals surface area contributed by atoms with Crippen molar-refractivity contribution in [3.63, 3.8) is 0 Å². The van der Waals surface area contributed by atoms with Gasteiger partial charge in [-0.2, -0.15) is 4.31 Å². The van der Waals surface area contributed by atoms with Crippen molar-refractivity contribution < 1.29 is 17.9 Å². The van der Waals surface area contributed by atoms with Gasteiger partial charge in [-0.05, 0) is 43.7 Å². The maximum absolute atomic E-state index is 12.4. The minimum absolute atomic E-state index is 0.211. The molecule has 28 heavy (non-hydrogen) atoms. The van der Waals surface area contributed by atoms with Gasteiger partial charge in [0, 0.05) is 45.2 Å². The summed E-state index contributed by atoms with van der Waals surface area (Å²) in [7, 11) is -1.86. The summed E-state index contributed by atoms with van der Waals surface area (Å²) in [5, 5.41) is 0. The predicted octanol–water partition coefficient (Wildman–Crippen LogP) is 0.731. The molecule has 0 saturated carbocycles. The number of aromatic nitrogens is 1. The molecule has 1 aromatic heterocycles. The van der Waals surface area contributed by atoms with Gasteiger partial charge in [-0.3, -0.25) is 14.7 Å². The lowest BCUT2D eigenvalue weighted by Crippen LogP contribution is -2.60. The summed E-state index contributed by atoms with van der Waals surface area (Å²) >= 11 is 0. The Morgan fingerprint density at radius 2 is 2.25 bits per heavy atom. The highest BCUT2D eigenvalue weighted by molar-refractivity contribution is 7.88. The van der Waals surface area contributed by atoms with Crippen LogP contribution in [0.2, 0.25) is 0 Å². The van der Waals surface area contributed by atoms with E-state index in [0.29, 0.717) is 12.6 Å². The topological polar surface area (TPSA) is 106 Å². The third kappa shape index (κ3) is 4.37. The van der Waals surface area contributed by atoms with Crippen LogP contribution in [-0.2, 0) is 26.1 Å². The number of piperidine rings is 1. The summed E-state index contributed by atoms with van der Waals surface area (Å²) in [5.74, 6) is -0.278. The number of pyridine rings is 1. The smallest absolute Gasteiger partial charge is 0.237 e. The van der Waals surface area contributed by atoms with E-state index in [-0.39, 0.29) is 25.1 Å². The van der Waals surface area contributed by atoms with Gasteiger partial charge in [0.25, 0.3) is 0 Å². The molecule has 9 heteroatoms. The molecule has 1 unspecified atom stereocenters. The SMILES string of the molecule is COC(CN1[C@@H]2CCC[C@@]1(C(N)=O)CC2)CN(Cc1cccnc1)S(C)(=O)=O. The largest absolute Gasteiger partial charge is 0.379 e. The molecule has 0 aliphatic carbocycles. The number of nitrogens with zero attached hydrogens (tertiary/aromatic N) is 3. The van der Waals surface area contributed by atoms with Gasteiger partial charge in [0.05, 0.1) is 12.4 Å². The first-order valence-corrected chi connectivity index (χ1v) is 11.5. The van der Waals surface area contributed by atoms with Gasteiger partial charge in [0.2, 0.25) is 15.9 Å². The molecule has 3 atom stereocenters. The average Bonchev–Trinajstić information content (AvgIpc) is 2.85. The minimum atomic E-state index is -3.44. The molecule has 0 radical (unpaired) electrons. The molecule has 2 bridgehead atoms. The van der Waals surface area contributed by atoms with Crippen LogP contribution in [0.3, 0.4) is 0 Å². The van der Waals surface area contributed by atoms with E-state index < -0.39 is 15.6 Å². The normalized spacial score (nSPS) is 26.5. The Bertz CT molecular complexity index is 784. The molecule has 2 saturated heterocycles. The number of amides is 1. The number of sulfonamides is 1. The van der Waals surface area contributed by atoms with Gasteiger partial charge in [-0.15, -0.1) is 0 Å². The second-order valence-corrected chi connectivity index (χ2v) is 9.89. The third-order valence-electron chi connectivity index (χ3n) is 6.16. The lowest BCUT2D eigenvalue weighted by molar-refractivity contribution is -0.133. The average molecular weight is 411 g/mol. The van der Waals surface area contributed by atoms with E-state index in [4.69, 9.17) is 10.5 Å². The molecule has 2 aliphatic heterocycles. The second-order valence-electron chi connectivity index (χ2n) is 7.91. The van der Waals surface area contributed by atoms with Gasteiger partial charge in [0.1, 0.15) is 5.54 Å². The standard InChI is InChI=1S/C19H30N4O4S/c1-27-17(13-22(28(2,25)26)12-15-5-4-10-21-11-15)14-23-16-6-3-8-19(23,9-7-16)18(20)24/h4-5,10-11,16-17H,3,6-9,12-14H2,1-2H3,(H2,20,24)/t16-,17?,19+/m1/s1. The van der Waals surface area contributed by atoms with E-state index in [9.17, 15) is 13.2 Å². The Labute approximate surface area is 167 Å². The minimum Gasteiger partial charge on any atom is -0.379 e. The molecular weight excluding hydrogens is 380 g/mol. The zero-order valence-corrected chi connectivity index (χ0v) is 17.4. The highest BCUT2D eigenvalue weighted by atomic mass is 32.2. The fourth-order valence-corrected chi connectivity index (χ4v) is 5.45. The van der Waals surface area contributed by atoms with Gasteiger partial charge < -0.3 is 10.5 Å². The van der Waals surface area contributed by atoms with Crippen molar-refractivity contribution in [2.75, 3.05) is 26.5 Å². The van der Waals surface area contributed by atoms with Crippen LogP contribution in [0.5, 0.6) is 0 Å². The van der Waals surface area contributed by atoms with Crippen LogP contribution in [0.15, 0.2) is 24.5 Å². The van der Waals surface area contributed by atoms with Crippen molar-refractivity contribution >= 4 is 15.9 Å². The molecular formula is C19H30N4O4S. The monoisotopic (exact) mass is 410 g/mol.